The van der Waals surface area contributed by atoms with Crippen LogP contribution in [0.1, 0.15) is 18.4 Å². The van der Waals surface area contributed by atoms with E-state index in [9.17, 15) is 5.11 Å². The lowest BCUT2D eigenvalue weighted by molar-refractivity contribution is 0.459. The van der Waals surface area contributed by atoms with Crippen LogP contribution < -0.4 is 10.6 Å². The number of phenolic OH excluding ortho intramolecular Hbond substituents is 1. The van der Waals surface area contributed by atoms with Crippen LogP contribution in [-0.2, 0) is 5.41 Å². The molecule has 1 aromatic carbocycles. The summed E-state index contributed by atoms with van der Waals surface area (Å²) in [5, 5.41) is 9.85. The van der Waals surface area contributed by atoms with Crippen LogP contribution in [0.25, 0.3) is 0 Å². The Morgan fingerprint density at radius 1 is 1.40 bits per heavy atom. The van der Waals surface area contributed by atoms with E-state index in [1.54, 1.807) is 6.07 Å². The van der Waals surface area contributed by atoms with Crippen molar-refractivity contribution in [1.29, 1.82) is 0 Å². The summed E-state index contributed by atoms with van der Waals surface area (Å²) in [7, 11) is 4.00. The minimum absolute atomic E-state index is 0.0517. The van der Waals surface area contributed by atoms with Gasteiger partial charge in [0.05, 0.1) is 0 Å². The van der Waals surface area contributed by atoms with Crippen molar-refractivity contribution in [3.05, 3.63) is 23.8 Å². The Hall–Kier alpha value is -1.22. The normalized spacial score (nSPS) is 17.5. The van der Waals surface area contributed by atoms with E-state index in [4.69, 9.17) is 5.73 Å². The Morgan fingerprint density at radius 3 is 2.53 bits per heavy atom. The van der Waals surface area contributed by atoms with Gasteiger partial charge in [-0.1, -0.05) is 0 Å². The first-order valence-corrected chi connectivity index (χ1v) is 5.30. The number of benzene rings is 1. The highest BCUT2D eigenvalue weighted by molar-refractivity contribution is 5.55. The lowest BCUT2D eigenvalue weighted by Crippen LogP contribution is -2.20. The van der Waals surface area contributed by atoms with E-state index >= 15 is 0 Å². The van der Waals surface area contributed by atoms with Gasteiger partial charge < -0.3 is 15.7 Å². The van der Waals surface area contributed by atoms with Crippen LogP contribution in [-0.4, -0.2) is 25.7 Å². The van der Waals surface area contributed by atoms with Gasteiger partial charge in [-0.3, -0.25) is 0 Å². The van der Waals surface area contributed by atoms with Gasteiger partial charge in [0.15, 0.2) is 0 Å². The number of hydrogen-bond acceptors (Lipinski definition) is 3. The van der Waals surface area contributed by atoms with Gasteiger partial charge in [-0.05, 0) is 31.0 Å². The lowest BCUT2D eigenvalue weighted by atomic mass is 9.94. The fraction of sp³-hybridized carbons (Fsp3) is 0.500. The van der Waals surface area contributed by atoms with Gasteiger partial charge in [0.25, 0.3) is 0 Å². The Bertz CT molecular complexity index is 370. The number of phenols is 1. The van der Waals surface area contributed by atoms with Crippen LogP contribution in [0.5, 0.6) is 5.75 Å². The molecule has 0 aromatic heterocycles. The monoisotopic (exact) mass is 206 g/mol. The van der Waals surface area contributed by atoms with Gasteiger partial charge in [-0.2, -0.15) is 0 Å². The summed E-state index contributed by atoms with van der Waals surface area (Å²) < 4.78 is 0. The van der Waals surface area contributed by atoms with Gasteiger partial charge in [0, 0.05) is 37.3 Å². The van der Waals surface area contributed by atoms with Gasteiger partial charge in [-0.25, -0.2) is 0 Å². The van der Waals surface area contributed by atoms with Crippen molar-refractivity contribution in [1.82, 2.24) is 0 Å². The summed E-state index contributed by atoms with van der Waals surface area (Å²) in [5.41, 5.74) is 7.95. The maximum Gasteiger partial charge on any atom is 0.119 e. The van der Waals surface area contributed by atoms with Crippen LogP contribution in [0.3, 0.4) is 0 Å². The Morgan fingerprint density at radius 2 is 2.07 bits per heavy atom. The zero-order valence-electron chi connectivity index (χ0n) is 9.33. The van der Waals surface area contributed by atoms with Crippen LogP contribution in [0.15, 0.2) is 18.2 Å². The Labute approximate surface area is 90.5 Å². The zero-order chi connectivity index (χ0) is 11.1. The SMILES string of the molecule is CN(C)c1ccc(O)c(C2(CN)CC2)c1. The molecule has 1 aromatic rings. The fourth-order valence-electron chi connectivity index (χ4n) is 1.96. The molecule has 1 fully saturated rings. The minimum atomic E-state index is 0.0517. The molecule has 0 atom stereocenters. The predicted molar refractivity (Wildman–Crippen MR) is 62.4 cm³/mol. The standard InChI is InChI=1S/C12H18N2O/c1-14(2)9-3-4-11(15)10(7-9)12(8-13)5-6-12/h3-4,7,15H,5-6,8,13H2,1-2H3. The number of hydrogen-bond donors (Lipinski definition) is 2. The highest BCUT2D eigenvalue weighted by Gasteiger charge is 2.44. The first-order valence-electron chi connectivity index (χ1n) is 5.30. The molecule has 15 heavy (non-hydrogen) atoms. The molecule has 3 nitrogen and oxygen atoms in total. The highest BCUT2D eigenvalue weighted by atomic mass is 16.3. The molecule has 0 spiro atoms. The van der Waals surface area contributed by atoms with E-state index < -0.39 is 0 Å². The van der Waals surface area contributed by atoms with E-state index in [1.807, 2.05) is 25.1 Å². The van der Waals surface area contributed by atoms with Crippen LogP contribution >= 0.6 is 0 Å². The quantitative estimate of drug-likeness (QED) is 0.787. The van der Waals surface area contributed by atoms with Crippen LogP contribution in [0.2, 0.25) is 0 Å². The number of rotatable bonds is 3. The van der Waals surface area contributed by atoms with Gasteiger partial charge in [-0.15, -0.1) is 0 Å². The molecule has 0 unspecified atom stereocenters. The van der Waals surface area contributed by atoms with E-state index in [0.717, 1.165) is 24.1 Å². The number of nitrogens with zero attached hydrogens (tertiary/aromatic N) is 1. The Kier molecular flexibility index (Phi) is 2.35. The molecule has 0 radical (unpaired) electrons. The van der Waals surface area contributed by atoms with E-state index in [-0.39, 0.29) is 5.41 Å². The third-order valence-corrected chi connectivity index (χ3v) is 3.31. The van der Waals surface area contributed by atoms with Crippen LogP contribution in [0, 0.1) is 0 Å². The smallest absolute Gasteiger partial charge is 0.119 e. The summed E-state index contributed by atoms with van der Waals surface area (Å²) in [6.07, 6.45) is 2.18. The van der Waals surface area contributed by atoms with Crippen molar-refractivity contribution in [3.63, 3.8) is 0 Å². The average molecular weight is 206 g/mol. The van der Waals surface area contributed by atoms with Crippen molar-refractivity contribution in [3.8, 4) is 5.75 Å². The second-order valence-electron chi connectivity index (χ2n) is 4.58. The van der Waals surface area contributed by atoms with Gasteiger partial charge in [0.1, 0.15) is 5.75 Å². The minimum Gasteiger partial charge on any atom is -0.508 e. The van der Waals surface area contributed by atoms with Gasteiger partial charge >= 0.3 is 0 Å². The summed E-state index contributed by atoms with van der Waals surface area (Å²) in [6.45, 7) is 0.622. The average Bonchev–Trinajstić information content (AvgIpc) is 2.99. The van der Waals surface area contributed by atoms with Gasteiger partial charge in [0.2, 0.25) is 0 Å². The molecule has 82 valence electrons. The van der Waals surface area contributed by atoms with Crippen molar-refractivity contribution >= 4 is 5.69 Å². The maximum absolute atomic E-state index is 9.85. The largest absolute Gasteiger partial charge is 0.508 e. The topological polar surface area (TPSA) is 49.5 Å². The summed E-state index contributed by atoms with van der Waals surface area (Å²) >= 11 is 0. The molecule has 0 saturated heterocycles. The highest BCUT2D eigenvalue weighted by Crippen LogP contribution is 2.50. The molecule has 3 N–H and O–H groups in total. The molecule has 3 heteroatoms. The van der Waals surface area contributed by atoms with Crippen molar-refractivity contribution in [2.45, 2.75) is 18.3 Å². The number of nitrogens with two attached hydrogens (primary N) is 1. The van der Waals surface area contributed by atoms with E-state index in [0.29, 0.717) is 12.3 Å². The molecule has 0 aliphatic heterocycles. The van der Waals surface area contributed by atoms with Crippen molar-refractivity contribution in [2.75, 3.05) is 25.5 Å². The second-order valence-corrected chi connectivity index (χ2v) is 4.58. The molecule has 0 heterocycles. The summed E-state index contributed by atoms with van der Waals surface area (Å²) in [4.78, 5) is 2.04. The number of anilines is 1. The van der Waals surface area contributed by atoms with E-state index in [2.05, 4.69) is 6.07 Å². The van der Waals surface area contributed by atoms with E-state index in [1.165, 1.54) is 0 Å². The molecular weight excluding hydrogens is 188 g/mol. The predicted octanol–water partition coefficient (Wildman–Crippen LogP) is 1.45. The second kappa shape index (κ2) is 3.42. The molecule has 2 rings (SSSR count). The Balaban J connectivity index is 2.42. The maximum atomic E-state index is 9.85. The third-order valence-electron chi connectivity index (χ3n) is 3.31. The first kappa shape index (κ1) is 10.3. The summed E-state index contributed by atoms with van der Waals surface area (Å²) in [5.74, 6) is 0.378. The molecule has 0 bridgehead atoms. The zero-order valence-corrected chi connectivity index (χ0v) is 9.33. The molecular formula is C12H18N2O. The molecule has 1 aliphatic carbocycles. The van der Waals surface area contributed by atoms with Crippen molar-refractivity contribution < 1.29 is 5.11 Å². The summed E-state index contributed by atoms with van der Waals surface area (Å²) in [6, 6.07) is 5.74. The molecule has 0 amide bonds. The molecule has 1 saturated carbocycles. The fourth-order valence-corrected chi connectivity index (χ4v) is 1.96. The van der Waals surface area contributed by atoms with Crippen LogP contribution in [0.4, 0.5) is 5.69 Å². The number of aromatic hydroxyl groups is 1. The first-order chi connectivity index (χ1) is 7.09. The molecule has 1 aliphatic rings. The van der Waals surface area contributed by atoms with Crippen molar-refractivity contribution in [2.24, 2.45) is 5.73 Å². The lowest BCUT2D eigenvalue weighted by Gasteiger charge is -2.19. The third kappa shape index (κ3) is 1.67.